The highest BCUT2D eigenvalue weighted by Gasteiger charge is 2.62. The van der Waals surface area contributed by atoms with E-state index in [2.05, 4.69) is 5.32 Å². The fraction of sp³-hybridized carbons (Fsp3) is 0.417. The molecule has 4 amide bonds. The van der Waals surface area contributed by atoms with Crippen molar-refractivity contribution in [3.8, 4) is 0 Å². The first-order valence-electron chi connectivity index (χ1n) is 5.74. The number of nitrogens with zero attached hydrogens (tertiary/aromatic N) is 1. The van der Waals surface area contributed by atoms with Gasteiger partial charge in [0.15, 0.2) is 0 Å². The number of barbiturate groups is 1. The Kier molecular flexibility index (Phi) is 2.31. The first-order chi connectivity index (χ1) is 8.54. The van der Waals surface area contributed by atoms with Crippen LogP contribution in [0.15, 0.2) is 10.8 Å². The van der Waals surface area contributed by atoms with E-state index in [1.165, 1.54) is 11.3 Å². The predicted molar refractivity (Wildman–Crippen MR) is 64.8 cm³/mol. The molecular formula is C12H12N2O3S. The Morgan fingerprint density at radius 2 is 2.06 bits per heavy atom. The van der Waals surface area contributed by atoms with E-state index in [4.69, 9.17) is 0 Å². The Hall–Kier alpha value is -1.69. The van der Waals surface area contributed by atoms with Crippen LogP contribution in [0.5, 0.6) is 0 Å². The predicted octanol–water partition coefficient (Wildman–Crippen LogP) is 1.42. The highest BCUT2D eigenvalue weighted by Crippen LogP contribution is 2.49. The number of urea groups is 1. The van der Waals surface area contributed by atoms with Crippen molar-refractivity contribution < 1.29 is 14.4 Å². The van der Waals surface area contributed by atoms with Crippen LogP contribution >= 0.6 is 11.3 Å². The van der Waals surface area contributed by atoms with Gasteiger partial charge in [-0.2, -0.15) is 11.3 Å². The zero-order chi connectivity index (χ0) is 12.9. The summed E-state index contributed by atoms with van der Waals surface area (Å²) in [5, 5.41) is 6.17. The molecule has 0 unspecified atom stereocenters. The molecule has 0 atom stereocenters. The van der Waals surface area contributed by atoms with Crippen molar-refractivity contribution in [1.82, 2.24) is 10.2 Å². The Bertz CT molecular complexity index is 559. The molecule has 1 N–H and O–H groups in total. The van der Waals surface area contributed by atoms with Gasteiger partial charge in [-0.05, 0) is 41.7 Å². The average Bonchev–Trinajstić information content (AvgIpc) is 3.03. The minimum Gasteiger partial charge on any atom is -0.277 e. The third-order valence-corrected chi connectivity index (χ3v) is 4.51. The molecule has 1 aliphatic heterocycles. The zero-order valence-electron chi connectivity index (χ0n) is 9.86. The molecule has 94 valence electrons. The highest BCUT2D eigenvalue weighted by atomic mass is 32.1. The minimum atomic E-state index is -0.947. The van der Waals surface area contributed by atoms with E-state index in [0.717, 1.165) is 16.0 Å². The molecule has 18 heavy (non-hydrogen) atoms. The van der Waals surface area contributed by atoms with Crippen LogP contribution in [0.2, 0.25) is 0 Å². The van der Waals surface area contributed by atoms with Gasteiger partial charge in [-0.15, -0.1) is 0 Å². The third kappa shape index (κ3) is 1.49. The number of imide groups is 2. The lowest BCUT2D eigenvalue weighted by Crippen LogP contribution is -2.58. The number of hydrogen-bond donors (Lipinski definition) is 1. The number of thiophene rings is 1. The summed E-state index contributed by atoms with van der Waals surface area (Å²) in [7, 11) is 0. The molecule has 0 radical (unpaired) electrons. The molecule has 3 rings (SSSR count). The van der Waals surface area contributed by atoms with Crippen molar-refractivity contribution in [2.45, 2.75) is 26.3 Å². The summed E-state index contributed by atoms with van der Waals surface area (Å²) < 4.78 is 0. The molecule has 1 saturated carbocycles. The van der Waals surface area contributed by atoms with E-state index in [0.29, 0.717) is 12.8 Å². The van der Waals surface area contributed by atoms with Crippen molar-refractivity contribution in [3.05, 3.63) is 21.9 Å². The van der Waals surface area contributed by atoms with Crippen molar-refractivity contribution in [1.29, 1.82) is 0 Å². The quantitative estimate of drug-likeness (QED) is 0.821. The van der Waals surface area contributed by atoms with Crippen molar-refractivity contribution in [2.24, 2.45) is 5.41 Å². The van der Waals surface area contributed by atoms with Gasteiger partial charge in [0.05, 0.1) is 6.54 Å². The molecule has 5 nitrogen and oxygen atoms in total. The fourth-order valence-electron chi connectivity index (χ4n) is 2.16. The number of hydrogen-bond acceptors (Lipinski definition) is 4. The third-order valence-electron chi connectivity index (χ3n) is 3.59. The Labute approximate surface area is 108 Å². The van der Waals surface area contributed by atoms with Crippen LogP contribution in [0.25, 0.3) is 0 Å². The van der Waals surface area contributed by atoms with E-state index >= 15 is 0 Å². The van der Waals surface area contributed by atoms with E-state index in [1.807, 2.05) is 17.7 Å². The van der Waals surface area contributed by atoms with Gasteiger partial charge in [0.1, 0.15) is 5.41 Å². The highest BCUT2D eigenvalue weighted by molar-refractivity contribution is 7.08. The van der Waals surface area contributed by atoms with Gasteiger partial charge in [-0.25, -0.2) is 4.79 Å². The second-order valence-corrected chi connectivity index (χ2v) is 5.56. The molecule has 1 aromatic rings. The molecule has 6 heteroatoms. The second-order valence-electron chi connectivity index (χ2n) is 4.81. The van der Waals surface area contributed by atoms with Gasteiger partial charge >= 0.3 is 6.03 Å². The van der Waals surface area contributed by atoms with Crippen LogP contribution in [0, 0.1) is 12.3 Å². The number of rotatable bonds is 2. The monoisotopic (exact) mass is 264 g/mol. The van der Waals surface area contributed by atoms with E-state index in [1.54, 1.807) is 0 Å². The Balaban J connectivity index is 1.87. The molecule has 2 heterocycles. The summed E-state index contributed by atoms with van der Waals surface area (Å²) in [6.07, 6.45) is 1.09. The molecule has 2 fully saturated rings. The molecule has 1 aliphatic carbocycles. The summed E-state index contributed by atoms with van der Waals surface area (Å²) in [6, 6.07) is -0.604. The average molecular weight is 264 g/mol. The first-order valence-corrected chi connectivity index (χ1v) is 6.68. The summed E-state index contributed by atoms with van der Waals surface area (Å²) in [5.41, 5.74) is 1.06. The maximum absolute atomic E-state index is 12.2. The van der Waals surface area contributed by atoms with Gasteiger partial charge in [0.2, 0.25) is 11.8 Å². The van der Waals surface area contributed by atoms with Crippen molar-refractivity contribution in [3.63, 3.8) is 0 Å². The number of carbonyl (C=O) groups is 3. The SMILES string of the molecule is Cc1cscc1CN1C(=O)NC(=O)C2(CC2)C1=O. The lowest BCUT2D eigenvalue weighted by molar-refractivity contribution is -0.145. The van der Waals surface area contributed by atoms with E-state index < -0.39 is 17.4 Å². The Morgan fingerprint density at radius 1 is 1.33 bits per heavy atom. The van der Waals surface area contributed by atoms with E-state index in [-0.39, 0.29) is 12.5 Å². The topological polar surface area (TPSA) is 66.5 Å². The summed E-state index contributed by atoms with van der Waals surface area (Å²) in [6.45, 7) is 2.19. The lowest BCUT2D eigenvalue weighted by Gasteiger charge is -2.30. The van der Waals surface area contributed by atoms with Gasteiger partial charge in [0, 0.05) is 0 Å². The van der Waals surface area contributed by atoms with Crippen molar-refractivity contribution in [2.75, 3.05) is 0 Å². The number of aryl methyl sites for hydroxylation is 1. The molecule has 2 aliphatic rings. The summed E-state index contributed by atoms with van der Waals surface area (Å²) >= 11 is 1.54. The van der Waals surface area contributed by atoms with Crippen LogP contribution in [0.1, 0.15) is 24.0 Å². The summed E-state index contributed by atoms with van der Waals surface area (Å²) in [4.78, 5) is 36.8. The van der Waals surface area contributed by atoms with Crippen LogP contribution in [0.4, 0.5) is 4.79 Å². The molecule has 1 spiro atoms. The number of carbonyl (C=O) groups excluding carboxylic acids is 3. The standard InChI is InChI=1S/C12H12N2O3S/c1-7-5-18-6-8(7)4-14-10(16)12(2-3-12)9(15)13-11(14)17/h5-6H,2-4H2,1H3,(H,13,15,17). The van der Waals surface area contributed by atoms with Crippen LogP contribution in [0.3, 0.4) is 0 Å². The lowest BCUT2D eigenvalue weighted by atomic mass is 10.0. The maximum Gasteiger partial charge on any atom is 0.331 e. The van der Waals surface area contributed by atoms with Gasteiger partial charge in [-0.3, -0.25) is 19.8 Å². The zero-order valence-corrected chi connectivity index (χ0v) is 10.7. The minimum absolute atomic E-state index is 0.245. The summed E-state index contributed by atoms with van der Waals surface area (Å²) in [5.74, 6) is -0.780. The molecule has 1 saturated heterocycles. The fourth-order valence-corrected chi connectivity index (χ4v) is 3.01. The van der Waals surface area contributed by atoms with Crippen LogP contribution in [-0.2, 0) is 16.1 Å². The second kappa shape index (κ2) is 3.65. The normalized spacial score (nSPS) is 21.4. The smallest absolute Gasteiger partial charge is 0.277 e. The number of nitrogens with one attached hydrogen (secondary N) is 1. The first kappa shape index (κ1) is 11.4. The van der Waals surface area contributed by atoms with Gasteiger partial charge in [-0.1, -0.05) is 0 Å². The largest absolute Gasteiger partial charge is 0.331 e. The molecule has 0 bridgehead atoms. The van der Waals surface area contributed by atoms with Gasteiger partial charge < -0.3 is 0 Å². The van der Waals surface area contributed by atoms with Crippen LogP contribution < -0.4 is 5.32 Å². The molecular weight excluding hydrogens is 252 g/mol. The molecule has 0 aromatic carbocycles. The molecule has 1 aromatic heterocycles. The van der Waals surface area contributed by atoms with Crippen molar-refractivity contribution >= 4 is 29.2 Å². The van der Waals surface area contributed by atoms with Gasteiger partial charge in [0.25, 0.3) is 0 Å². The maximum atomic E-state index is 12.2. The number of amides is 4. The van der Waals surface area contributed by atoms with E-state index in [9.17, 15) is 14.4 Å². The van der Waals surface area contributed by atoms with Crippen LogP contribution in [-0.4, -0.2) is 22.7 Å². The Morgan fingerprint density at radius 3 is 2.61 bits per heavy atom.